The Labute approximate surface area is 237 Å². The van der Waals surface area contributed by atoms with Crippen LogP contribution in [0.3, 0.4) is 0 Å². The van der Waals surface area contributed by atoms with Gasteiger partial charge in [0.05, 0.1) is 6.61 Å². The summed E-state index contributed by atoms with van der Waals surface area (Å²) in [5.41, 5.74) is -3.59. The Balaban J connectivity index is 2.92. The number of carbonyl (C=O) groups is 3. The molecule has 0 atom stereocenters. The van der Waals surface area contributed by atoms with Crippen molar-refractivity contribution in [3.05, 3.63) is 47.5 Å². The largest absolute Gasteiger partial charge is 0.573 e. The molecule has 0 saturated heterocycles. The number of rotatable bonds is 8. The number of amides is 2. The Morgan fingerprint density at radius 3 is 1.88 bits per heavy atom. The Morgan fingerprint density at radius 2 is 1.41 bits per heavy atom. The third-order valence-corrected chi connectivity index (χ3v) is 4.99. The van der Waals surface area contributed by atoms with Crippen molar-refractivity contribution in [2.24, 2.45) is 0 Å². The van der Waals surface area contributed by atoms with Gasteiger partial charge in [0.15, 0.2) is 5.75 Å². The monoisotopic (exact) mass is 583 g/mol. The number of para-hydroxylation sites is 1. The minimum atomic E-state index is -5.18. The number of ether oxygens (including phenoxy) is 5. The van der Waals surface area contributed by atoms with Crippen molar-refractivity contribution in [2.45, 2.75) is 85.8 Å². The zero-order valence-corrected chi connectivity index (χ0v) is 24.4. The molecule has 0 saturated carbocycles. The van der Waals surface area contributed by atoms with Crippen molar-refractivity contribution in [3.8, 4) is 17.2 Å². The highest BCUT2D eigenvalue weighted by Crippen LogP contribution is 2.43. The minimum absolute atomic E-state index is 0.00942. The van der Waals surface area contributed by atoms with Gasteiger partial charge in [-0.15, -0.1) is 13.2 Å². The van der Waals surface area contributed by atoms with Crippen LogP contribution >= 0.6 is 0 Å². The van der Waals surface area contributed by atoms with Gasteiger partial charge in [-0.3, -0.25) is 0 Å². The zero-order chi connectivity index (χ0) is 31.2. The van der Waals surface area contributed by atoms with Gasteiger partial charge in [-0.2, -0.15) is 4.90 Å². The van der Waals surface area contributed by atoms with E-state index in [1.807, 2.05) is 6.92 Å². The molecule has 0 radical (unpaired) electrons. The van der Waals surface area contributed by atoms with Gasteiger partial charge < -0.3 is 23.7 Å². The van der Waals surface area contributed by atoms with E-state index in [0.717, 1.165) is 6.07 Å². The van der Waals surface area contributed by atoms with Gasteiger partial charge in [-0.1, -0.05) is 31.5 Å². The van der Waals surface area contributed by atoms with E-state index in [1.54, 1.807) is 18.2 Å². The lowest BCUT2D eigenvalue weighted by atomic mass is 10.0. The van der Waals surface area contributed by atoms with E-state index < -0.39 is 52.7 Å². The summed E-state index contributed by atoms with van der Waals surface area (Å²) >= 11 is 0. The molecule has 0 aliphatic carbocycles. The molecule has 0 bridgehead atoms. The van der Waals surface area contributed by atoms with Crippen LogP contribution in [0.5, 0.6) is 17.2 Å². The summed E-state index contributed by atoms with van der Waals surface area (Å²) in [6.07, 6.45) is -6.61. The van der Waals surface area contributed by atoms with E-state index >= 15 is 0 Å². The normalized spacial score (nSPS) is 11.9. The lowest BCUT2D eigenvalue weighted by Gasteiger charge is -2.30. The van der Waals surface area contributed by atoms with E-state index in [1.165, 1.54) is 60.6 Å². The van der Waals surface area contributed by atoms with E-state index in [2.05, 4.69) is 4.74 Å². The first kappa shape index (κ1) is 33.2. The van der Waals surface area contributed by atoms with Crippen molar-refractivity contribution < 1.29 is 51.2 Å². The summed E-state index contributed by atoms with van der Waals surface area (Å²) in [6, 6.07) is 8.57. The van der Waals surface area contributed by atoms with Crippen molar-refractivity contribution in [1.29, 1.82) is 0 Å². The summed E-state index contributed by atoms with van der Waals surface area (Å²) in [7, 11) is 0. The zero-order valence-electron chi connectivity index (χ0n) is 24.4. The summed E-state index contributed by atoms with van der Waals surface area (Å²) in [5, 5.41) is 0. The van der Waals surface area contributed by atoms with Gasteiger partial charge in [0, 0.05) is 11.6 Å². The molecule has 41 heavy (non-hydrogen) atoms. The molecule has 2 aromatic carbocycles. The molecule has 0 aliphatic rings. The first-order valence-electron chi connectivity index (χ1n) is 12.9. The number of imide groups is 1. The lowest BCUT2D eigenvalue weighted by molar-refractivity contribution is -0.274. The number of esters is 1. The number of hydrogen-bond donors (Lipinski definition) is 0. The number of halogens is 3. The van der Waals surface area contributed by atoms with Gasteiger partial charge in [-0.05, 0) is 67.0 Å². The van der Waals surface area contributed by atoms with E-state index in [-0.39, 0.29) is 23.7 Å². The van der Waals surface area contributed by atoms with Crippen LogP contribution in [0.15, 0.2) is 36.4 Å². The highest BCUT2D eigenvalue weighted by molar-refractivity contribution is 6.12. The fourth-order valence-corrected chi connectivity index (χ4v) is 3.36. The predicted molar refractivity (Wildman–Crippen MR) is 145 cm³/mol. The predicted octanol–water partition coefficient (Wildman–Crippen LogP) is 7.97. The topological polar surface area (TPSA) is 101 Å². The highest BCUT2D eigenvalue weighted by atomic mass is 19.4. The average molecular weight is 584 g/mol. The van der Waals surface area contributed by atoms with E-state index in [0.29, 0.717) is 17.7 Å². The van der Waals surface area contributed by atoms with Gasteiger partial charge in [-0.25, -0.2) is 14.4 Å². The van der Waals surface area contributed by atoms with Gasteiger partial charge in [0.25, 0.3) is 0 Å². The second-order valence-corrected chi connectivity index (χ2v) is 11.0. The first-order valence-corrected chi connectivity index (χ1v) is 12.9. The molecule has 226 valence electrons. The maximum absolute atomic E-state index is 13.5. The molecule has 0 spiro atoms. The average Bonchev–Trinajstić information content (AvgIpc) is 2.79. The number of hydrogen-bond acceptors (Lipinski definition) is 8. The number of alkyl halides is 3. The third-order valence-electron chi connectivity index (χ3n) is 4.99. The molecule has 12 heteroatoms. The highest BCUT2D eigenvalue weighted by Gasteiger charge is 2.40. The smallest absolute Gasteiger partial charge is 0.490 e. The Hall–Kier alpha value is -3.96. The summed E-state index contributed by atoms with van der Waals surface area (Å²) in [4.78, 5) is 40.6. The molecule has 0 aliphatic heterocycles. The van der Waals surface area contributed by atoms with Crippen molar-refractivity contribution >= 4 is 23.8 Å². The van der Waals surface area contributed by atoms with Gasteiger partial charge in [0.2, 0.25) is 0 Å². The van der Waals surface area contributed by atoms with Crippen LogP contribution in [-0.4, -0.2) is 42.3 Å². The summed E-state index contributed by atoms with van der Waals surface area (Å²) in [6.45, 7) is 12.3. The number of anilines is 1. The first-order chi connectivity index (χ1) is 18.8. The molecule has 2 amide bonds. The van der Waals surface area contributed by atoms with Crippen LogP contribution in [0.25, 0.3) is 0 Å². The number of benzene rings is 2. The molecule has 0 heterocycles. The van der Waals surface area contributed by atoms with Crippen molar-refractivity contribution in [1.82, 2.24) is 0 Å². The van der Waals surface area contributed by atoms with Crippen molar-refractivity contribution in [3.63, 3.8) is 0 Å². The molecular weight excluding hydrogens is 547 g/mol. The van der Waals surface area contributed by atoms with Crippen LogP contribution < -0.4 is 19.1 Å². The van der Waals surface area contributed by atoms with E-state index in [4.69, 9.17) is 18.9 Å². The molecule has 0 unspecified atom stereocenters. The number of unbranched alkanes of at least 4 members (excludes halogenated alkanes) is 1. The minimum Gasteiger partial charge on any atom is -0.490 e. The standard InChI is InChI=1S/C29H36F3NO8/c1-9-10-16-37-23-20(33(25(35)40-27(3,4)5)26(36)41-28(6,7)8)17-21(39-29(30,31)32)18(2)22(23)24(34)38-19-14-12-11-13-15-19/h11-15,17H,9-10,16H2,1-8H3. The SMILES string of the molecule is CCCCOc1c(N(C(=O)OC(C)(C)C)C(=O)OC(C)(C)C)cc(OC(F)(F)F)c(C)c1C(=O)Oc1ccccc1. The lowest BCUT2D eigenvalue weighted by Crippen LogP contribution is -2.44. The van der Waals surface area contributed by atoms with Crippen LogP contribution in [-0.2, 0) is 9.47 Å². The fraction of sp³-hybridized carbons (Fsp3) is 0.483. The van der Waals surface area contributed by atoms with Crippen molar-refractivity contribution in [2.75, 3.05) is 11.5 Å². The second kappa shape index (κ2) is 13.1. The summed E-state index contributed by atoms with van der Waals surface area (Å²) in [5.74, 6) is -2.27. The quantitative estimate of drug-likeness (QED) is 0.175. The Bertz CT molecular complexity index is 1200. The fourth-order valence-electron chi connectivity index (χ4n) is 3.36. The second-order valence-electron chi connectivity index (χ2n) is 11.0. The van der Waals surface area contributed by atoms with Crippen LogP contribution in [0.4, 0.5) is 28.4 Å². The maximum atomic E-state index is 13.5. The molecule has 0 aromatic heterocycles. The molecule has 9 nitrogen and oxygen atoms in total. The Kier molecular flexibility index (Phi) is 10.7. The maximum Gasteiger partial charge on any atom is 0.573 e. The van der Waals surface area contributed by atoms with Gasteiger partial charge in [0.1, 0.15) is 34.0 Å². The third kappa shape index (κ3) is 10.2. The number of nitrogens with zero attached hydrogens (tertiary/aromatic N) is 1. The molecule has 2 rings (SSSR count). The van der Waals surface area contributed by atoms with Crippen LogP contribution in [0.1, 0.15) is 77.2 Å². The summed E-state index contributed by atoms with van der Waals surface area (Å²) < 4.78 is 66.7. The molecule has 2 aromatic rings. The molecule has 0 N–H and O–H groups in total. The number of carbonyl (C=O) groups excluding carboxylic acids is 3. The molecule has 0 fully saturated rings. The van der Waals surface area contributed by atoms with Crippen LogP contribution in [0, 0.1) is 6.92 Å². The van der Waals surface area contributed by atoms with Crippen LogP contribution in [0.2, 0.25) is 0 Å². The van der Waals surface area contributed by atoms with Gasteiger partial charge >= 0.3 is 24.5 Å². The molecular formula is C29H36F3NO8. The Morgan fingerprint density at radius 1 is 0.878 bits per heavy atom. The van der Waals surface area contributed by atoms with E-state index in [9.17, 15) is 27.6 Å².